The molecule has 0 saturated carbocycles. The van der Waals surface area contributed by atoms with Gasteiger partial charge in [0.2, 0.25) is 15.9 Å². The van der Waals surface area contributed by atoms with Gasteiger partial charge in [-0.25, -0.2) is 17.9 Å². The van der Waals surface area contributed by atoms with Crippen molar-refractivity contribution in [1.29, 1.82) is 0 Å². The summed E-state index contributed by atoms with van der Waals surface area (Å²) in [6, 6.07) is 0. The zero-order valence-corrected chi connectivity index (χ0v) is 12.5. The second kappa shape index (κ2) is 6.16. The summed E-state index contributed by atoms with van der Waals surface area (Å²) >= 11 is 0. The Morgan fingerprint density at radius 2 is 1.63 bits per heavy atom. The van der Waals surface area contributed by atoms with Gasteiger partial charge in [0.1, 0.15) is 0 Å². The van der Waals surface area contributed by atoms with Gasteiger partial charge in [0.15, 0.2) is 0 Å². The molecule has 0 aromatic heterocycles. The van der Waals surface area contributed by atoms with Crippen molar-refractivity contribution in [3.63, 3.8) is 0 Å². The molecule has 0 fully saturated rings. The number of nitrogens with one attached hydrogen (secondary N) is 2. The summed E-state index contributed by atoms with van der Waals surface area (Å²) in [5.41, 5.74) is -0.824. The van der Waals surface area contributed by atoms with E-state index < -0.39 is 27.4 Å². The monoisotopic (exact) mass is 292 g/mol. The highest BCUT2D eigenvalue weighted by Crippen LogP contribution is 2.06. The van der Waals surface area contributed by atoms with Gasteiger partial charge in [0.05, 0.1) is 6.26 Å². The van der Waals surface area contributed by atoms with Crippen molar-refractivity contribution in [3.8, 4) is 0 Å². The first-order chi connectivity index (χ1) is 8.36. The van der Waals surface area contributed by atoms with Gasteiger partial charge < -0.3 is 10.4 Å². The molecule has 7 nitrogen and oxygen atoms in total. The molecule has 0 aliphatic carbocycles. The van der Waals surface area contributed by atoms with Gasteiger partial charge in [0.25, 0.3) is 0 Å². The zero-order chi connectivity index (χ0) is 15.4. The Morgan fingerprint density at radius 1 is 1.16 bits per heavy atom. The molecule has 1 amide bonds. The van der Waals surface area contributed by atoms with Crippen LogP contribution in [0.1, 0.15) is 27.7 Å². The van der Waals surface area contributed by atoms with Crippen LogP contribution in [0.15, 0.2) is 11.1 Å². The standard InChI is InChI=1S/C11H20N2O5S/c1-7(8(2)10(15)16)9(14)12-6-11(3,4)13-19(5,17)18/h13H,6H2,1-5H3,(H,12,14)(H,15,16). The molecule has 0 heterocycles. The first-order valence-corrected chi connectivity index (χ1v) is 7.43. The third kappa shape index (κ3) is 6.92. The molecule has 19 heavy (non-hydrogen) atoms. The van der Waals surface area contributed by atoms with Crippen molar-refractivity contribution in [2.45, 2.75) is 33.2 Å². The topological polar surface area (TPSA) is 113 Å². The summed E-state index contributed by atoms with van der Waals surface area (Å²) in [6.45, 7) is 5.99. The molecule has 0 aromatic rings. The summed E-state index contributed by atoms with van der Waals surface area (Å²) in [4.78, 5) is 22.4. The van der Waals surface area contributed by atoms with Crippen molar-refractivity contribution < 1.29 is 23.1 Å². The van der Waals surface area contributed by atoms with Crippen LogP contribution in [0.3, 0.4) is 0 Å². The minimum absolute atomic E-state index is 0.0448. The number of sulfonamides is 1. The predicted octanol–water partition coefficient (Wildman–Crippen LogP) is -0.149. The predicted molar refractivity (Wildman–Crippen MR) is 71.1 cm³/mol. The first kappa shape index (κ1) is 17.6. The van der Waals surface area contributed by atoms with Gasteiger partial charge in [-0.05, 0) is 27.7 Å². The van der Waals surface area contributed by atoms with E-state index in [1.807, 2.05) is 0 Å². The van der Waals surface area contributed by atoms with E-state index in [0.717, 1.165) is 6.26 Å². The number of hydrogen-bond donors (Lipinski definition) is 3. The smallest absolute Gasteiger partial charge is 0.331 e. The van der Waals surface area contributed by atoms with E-state index in [9.17, 15) is 18.0 Å². The average molecular weight is 292 g/mol. The third-order valence-corrected chi connectivity index (χ3v) is 3.30. The maximum Gasteiger partial charge on any atom is 0.331 e. The highest BCUT2D eigenvalue weighted by molar-refractivity contribution is 7.88. The molecule has 3 N–H and O–H groups in total. The van der Waals surface area contributed by atoms with Gasteiger partial charge in [0, 0.05) is 23.2 Å². The highest BCUT2D eigenvalue weighted by atomic mass is 32.2. The van der Waals surface area contributed by atoms with Gasteiger partial charge in [-0.2, -0.15) is 0 Å². The van der Waals surface area contributed by atoms with Gasteiger partial charge >= 0.3 is 5.97 Å². The van der Waals surface area contributed by atoms with Crippen LogP contribution in [0.2, 0.25) is 0 Å². The normalized spacial score (nSPS) is 13.7. The Bertz CT molecular complexity index is 505. The fraction of sp³-hybridized carbons (Fsp3) is 0.636. The van der Waals surface area contributed by atoms with Crippen LogP contribution < -0.4 is 10.0 Å². The molecule has 0 radical (unpaired) electrons. The largest absolute Gasteiger partial charge is 0.478 e. The van der Waals surface area contributed by atoms with E-state index in [2.05, 4.69) is 10.0 Å². The van der Waals surface area contributed by atoms with E-state index in [1.54, 1.807) is 13.8 Å². The number of carboxylic acids is 1. The van der Waals surface area contributed by atoms with Crippen LogP contribution in [-0.4, -0.2) is 43.7 Å². The zero-order valence-electron chi connectivity index (χ0n) is 11.7. The number of carboxylic acid groups (broad SMARTS) is 1. The lowest BCUT2D eigenvalue weighted by Crippen LogP contribution is -2.51. The fourth-order valence-corrected chi connectivity index (χ4v) is 2.38. The lowest BCUT2D eigenvalue weighted by Gasteiger charge is -2.25. The number of carbonyl (C=O) groups excluding carboxylic acids is 1. The third-order valence-electron chi connectivity index (χ3n) is 2.38. The van der Waals surface area contributed by atoms with Crippen molar-refractivity contribution >= 4 is 21.9 Å². The van der Waals surface area contributed by atoms with Crippen molar-refractivity contribution in [2.75, 3.05) is 12.8 Å². The molecule has 8 heteroatoms. The molecule has 0 atom stereocenters. The van der Waals surface area contributed by atoms with Crippen LogP contribution in [-0.2, 0) is 19.6 Å². The Balaban J connectivity index is 4.71. The quantitative estimate of drug-likeness (QED) is 0.589. The minimum atomic E-state index is -3.39. The summed E-state index contributed by atoms with van der Waals surface area (Å²) in [5, 5.41) is 11.2. The van der Waals surface area contributed by atoms with Crippen LogP contribution in [0, 0.1) is 0 Å². The number of aliphatic carboxylic acids is 1. The van der Waals surface area contributed by atoms with E-state index >= 15 is 0 Å². The highest BCUT2D eigenvalue weighted by Gasteiger charge is 2.23. The van der Waals surface area contributed by atoms with Crippen molar-refractivity contribution in [2.24, 2.45) is 0 Å². The second-order valence-electron chi connectivity index (χ2n) is 5.00. The molecule has 0 saturated heterocycles. The van der Waals surface area contributed by atoms with Crippen LogP contribution in [0.25, 0.3) is 0 Å². The number of hydrogen-bond acceptors (Lipinski definition) is 4. The molecule has 0 aliphatic heterocycles. The number of carbonyl (C=O) groups is 2. The molecule has 0 unspecified atom stereocenters. The van der Waals surface area contributed by atoms with E-state index in [1.165, 1.54) is 13.8 Å². The Hall–Kier alpha value is -1.41. The van der Waals surface area contributed by atoms with Gasteiger partial charge in [-0.1, -0.05) is 0 Å². The summed E-state index contributed by atoms with van der Waals surface area (Å²) in [7, 11) is -3.39. The molecular weight excluding hydrogens is 272 g/mol. The van der Waals surface area contributed by atoms with Crippen molar-refractivity contribution in [3.05, 3.63) is 11.1 Å². The lowest BCUT2D eigenvalue weighted by atomic mass is 10.1. The number of amides is 1. The first-order valence-electron chi connectivity index (χ1n) is 5.53. The Labute approximate surface area is 113 Å². The fourth-order valence-electron chi connectivity index (χ4n) is 1.30. The molecule has 0 spiro atoms. The molecule has 0 aromatic carbocycles. The molecule has 0 rings (SSSR count). The maximum atomic E-state index is 11.7. The van der Waals surface area contributed by atoms with Crippen LogP contribution >= 0.6 is 0 Å². The second-order valence-corrected chi connectivity index (χ2v) is 6.74. The van der Waals surface area contributed by atoms with Crippen molar-refractivity contribution in [1.82, 2.24) is 10.0 Å². The van der Waals surface area contributed by atoms with E-state index in [-0.39, 0.29) is 17.7 Å². The summed E-state index contributed by atoms with van der Waals surface area (Å²) in [6.07, 6.45) is 1.02. The van der Waals surface area contributed by atoms with Crippen LogP contribution in [0.5, 0.6) is 0 Å². The van der Waals surface area contributed by atoms with Gasteiger partial charge in [-0.3, -0.25) is 4.79 Å². The molecular formula is C11H20N2O5S. The maximum absolute atomic E-state index is 11.7. The van der Waals surface area contributed by atoms with E-state index in [4.69, 9.17) is 5.11 Å². The molecule has 0 aliphatic rings. The van der Waals surface area contributed by atoms with Gasteiger partial charge in [-0.15, -0.1) is 0 Å². The Kier molecular flexibility index (Phi) is 5.70. The van der Waals surface area contributed by atoms with Crippen LogP contribution in [0.4, 0.5) is 0 Å². The summed E-state index contributed by atoms with van der Waals surface area (Å²) in [5.74, 6) is -1.70. The summed E-state index contributed by atoms with van der Waals surface area (Å²) < 4.78 is 24.6. The molecule has 110 valence electrons. The van der Waals surface area contributed by atoms with E-state index in [0.29, 0.717) is 0 Å². The SMILES string of the molecule is CC(C(=O)O)=C(C)C(=O)NCC(C)(C)NS(C)(=O)=O. The molecule has 0 bridgehead atoms. The number of rotatable bonds is 6. The lowest BCUT2D eigenvalue weighted by molar-refractivity contribution is -0.133. The Morgan fingerprint density at radius 3 is 2.00 bits per heavy atom. The average Bonchev–Trinajstić information content (AvgIpc) is 2.20. The minimum Gasteiger partial charge on any atom is -0.478 e.